The van der Waals surface area contributed by atoms with Gasteiger partial charge in [0.1, 0.15) is 11.6 Å². The van der Waals surface area contributed by atoms with E-state index in [0.29, 0.717) is 0 Å². The molecule has 92 valence electrons. The lowest BCUT2D eigenvalue weighted by Crippen LogP contribution is -2.19. The van der Waals surface area contributed by atoms with Crippen molar-refractivity contribution in [2.75, 3.05) is 7.11 Å². The lowest BCUT2D eigenvalue weighted by atomic mass is 10.0. The van der Waals surface area contributed by atoms with Gasteiger partial charge in [-0.3, -0.25) is 0 Å². The number of nitrogens with one attached hydrogen (secondary N) is 1. The highest BCUT2D eigenvalue weighted by Gasteiger charge is 2.20. The summed E-state index contributed by atoms with van der Waals surface area (Å²) in [6, 6.07) is 0. The first-order valence-corrected chi connectivity index (χ1v) is 5.72. The smallest absolute Gasteiger partial charge is 0.141 e. The van der Waals surface area contributed by atoms with Crippen LogP contribution in [-0.4, -0.2) is 12.9 Å². The third-order valence-corrected chi connectivity index (χ3v) is 2.52. The zero-order valence-corrected chi connectivity index (χ0v) is 11.0. The molecule has 0 atom stereocenters. The SMILES string of the molecule is C=C(C)C1=CN=C(N/C=C/CC)/C1=C(\C)OC. The van der Waals surface area contributed by atoms with Crippen molar-refractivity contribution in [1.82, 2.24) is 5.32 Å². The predicted molar refractivity (Wildman–Crippen MR) is 72.6 cm³/mol. The van der Waals surface area contributed by atoms with Crippen LogP contribution in [0.4, 0.5) is 0 Å². The monoisotopic (exact) mass is 232 g/mol. The molecular formula is C14H20N2O. The Bertz CT molecular complexity index is 426. The molecule has 0 unspecified atom stereocenters. The Morgan fingerprint density at radius 1 is 1.53 bits per heavy atom. The van der Waals surface area contributed by atoms with Crippen molar-refractivity contribution in [3.05, 3.63) is 47.5 Å². The number of hydrogen-bond donors (Lipinski definition) is 1. The van der Waals surface area contributed by atoms with E-state index in [0.717, 1.165) is 34.7 Å². The molecule has 0 aliphatic carbocycles. The van der Waals surface area contributed by atoms with E-state index in [4.69, 9.17) is 4.74 Å². The topological polar surface area (TPSA) is 33.6 Å². The maximum absolute atomic E-state index is 5.30. The highest BCUT2D eigenvalue weighted by atomic mass is 16.5. The first-order chi connectivity index (χ1) is 8.11. The van der Waals surface area contributed by atoms with Crippen molar-refractivity contribution in [3.63, 3.8) is 0 Å². The number of aliphatic imine (C=N–C) groups is 1. The zero-order chi connectivity index (χ0) is 12.8. The van der Waals surface area contributed by atoms with Gasteiger partial charge in [-0.05, 0) is 32.0 Å². The molecule has 0 aromatic carbocycles. The van der Waals surface area contributed by atoms with Crippen molar-refractivity contribution in [1.29, 1.82) is 0 Å². The van der Waals surface area contributed by atoms with Gasteiger partial charge in [-0.2, -0.15) is 0 Å². The van der Waals surface area contributed by atoms with E-state index in [2.05, 4.69) is 23.8 Å². The van der Waals surface area contributed by atoms with Crippen LogP contribution in [0, 0.1) is 0 Å². The molecule has 0 fully saturated rings. The van der Waals surface area contributed by atoms with Crippen LogP contribution < -0.4 is 5.32 Å². The summed E-state index contributed by atoms with van der Waals surface area (Å²) >= 11 is 0. The molecule has 0 aromatic heterocycles. The number of rotatable bonds is 4. The van der Waals surface area contributed by atoms with Gasteiger partial charge >= 0.3 is 0 Å². The molecule has 1 aliphatic rings. The summed E-state index contributed by atoms with van der Waals surface area (Å²) in [6.07, 6.45) is 6.75. The van der Waals surface area contributed by atoms with Crippen molar-refractivity contribution in [3.8, 4) is 0 Å². The molecule has 1 heterocycles. The van der Waals surface area contributed by atoms with Crippen LogP contribution in [0.5, 0.6) is 0 Å². The molecule has 0 radical (unpaired) electrons. The number of allylic oxidation sites excluding steroid dienone is 3. The van der Waals surface area contributed by atoms with E-state index in [1.165, 1.54) is 0 Å². The molecule has 17 heavy (non-hydrogen) atoms. The average molecular weight is 232 g/mol. The highest BCUT2D eigenvalue weighted by Crippen LogP contribution is 2.27. The van der Waals surface area contributed by atoms with Crippen molar-refractivity contribution in [2.45, 2.75) is 27.2 Å². The van der Waals surface area contributed by atoms with Gasteiger partial charge in [0.25, 0.3) is 0 Å². The van der Waals surface area contributed by atoms with E-state index < -0.39 is 0 Å². The Kier molecular flexibility index (Phi) is 4.76. The first-order valence-electron chi connectivity index (χ1n) is 5.72. The van der Waals surface area contributed by atoms with Gasteiger partial charge in [-0.1, -0.05) is 19.6 Å². The Labute approximate surface area is 103 Å². The Balaban J connectivity index is 2.97. The highest BCUT2D eigenvalue weighted by molar-refractivity contribution is 6.06. The molecule has 1 N–H and O–H groups in total. The van der Waals surface area contributed by atoms with Crippen molar-refractivity contribution < 1.29 is 4.74 Å². The van der Waals surface area contributed by atoms with Crippen LogP contribution in [0.25, 0.3) is 0 Å². The van der Waals surface area contributed by atoms with Gasteiger partial charge in [0.15, 0.2) is 0 Å². The fourth-order valence-corrected chi connectivity index (χ4v) is 1.53. The number of hydrogen-bond acceptors (Lipinski definition) is 3. The van der Waals surface area contributed by atoms with Crippen LogP contribution in [0.1, 0.15) is 27.2 Å². The zero-order valence-electron chi connectivity index (χ0n) is 11.0. The second-order valence-corrected chi connectivity index (χ2v) is 3.89. The lowest BCUT2D eigenvalue weighted by molar-refractivity contribution is 0.291. The number of nitrogens with zero attached hydrogens (tertiary/aromatic N) is 1. The second kappa shape index (κ2) is 6.09. The number of amidine groups is 1. The van der Waals surface area contributed by atoms with E-state index in [-0.39, 0.29) is 0 Å². The van der Waals surface area contributed by atoms with Gasteiger partial charge in [0.2, 0.25) is 0 Å². The summed E-state index contributed by atoms with van der Waals surface area (Å²) in [6.45, 7) is 9.94. The quantitative estimate of drug-likeness (QED) is 0.755. The Hall–Kier alpha value is -1.77. The maximum atomic E-state index is 5.30. The minimum atomic E-state index is 0.812. The summed E-state index contributed by atoms with van der Waals surface area (Å²) in [5.74, 6) is 1.65. The van der Waals surface area contributed by atoms with Gasteiger partial charge in [-0.25, -0.2) is 4.99 Å². The predicted octanol–water partition coefficient (Wildman–Crippen LogP) is 3.29. The van der Waals surface area contributed by atoms with E-state index >= 15 is 0 Å². The fraction of sp³-hybridized carbons (Fsp3) is 0.357. The van der Waals surface area contributed by atoms with Gasteiger partial charge in [0, 0.05) is 11.8 Å². The molecular weight excluding hydrogens is 212 g/mol. The third kappa shape index (κ3) is 3.09. The lowest BCUT2D eigenvalue weighted by Gasteiger charge is -2.12. The Morgan fingerprint density at radius 2 is 2.24 bits per heavy atom. The van der Waals surface area contributed by atoms with E-state index in [1.807, 2.05) is 32.3 Å². The summed E-state index contributed by atoms with van der Waals surface area (Å²) in [5.41, 5.74) is 2.99. The molecule has 0 saturated carbocycles. The molecule has 0 amide bonds. The van der Waals surface area contributed by atoms with Gasteiger partial charge in [-0.15, -0.1) is 0 Å². The molecule has 3 heteroatoms. The second-order valence-electron chi connectivity index (χ2n) is 3.89. The molecule has 1 aliphatic heterocycles. The molecule has 1 rings (SSSR count). The van der Waals surface area contributed by atoms with Crippen molar-refractivity contribution >= 4 is 5.84 Å². The molecule has 3 nitrogen and oxygen atoms in total. The van der Waals surface area contributed by atoms with Crippen LogP contribution in [-0.2, 0) is 4.74 Å². The summed E-state index contributed by atoms with van der Waals surface area (Å²) in [7, 11) is 1.66. The van der Waals surface area contributed by atoms with Crippen LogP contribution in [0.15, 0.2) is 52.5 Å². The molecule has 0 spiro atoms. The minimum absolute atomic E-state index is 0.812. The molecule has 0 bridgehead atoms. The van der Waals surface area contributed by atoms with Crippen LogP contribution in [0.3, 0.4) is 0 Å². The van der Waals surface area contributed by atoms with Crippen LogP contribution in [0.2, 0.25) is 0 Å². The number of methoxy groups -OCH3 is 1. The summed E-state index contributed by atoms with van der Waals surface area (Å²) in [4.78, 5) is 4.35. The largest absolute Gasteiger partial charge is 0.501 e. The summed E-state index contributed by atoms with van der Waals surface area (Å²) < 4.78 is 5.30. The summed E-state index contributed by atoms with van der Waals surface area (Å²) in [5, 5.41) is 3.17. The minimum Gasteiger partial charge on any atom is -0.501 e. The average Bonchev–Trinajstić information content (AvgIpc) is 2.72. The van der Waals surface area contributed by atoms with E-state index in [1.54, 1.807) is 7.11 Å². The van der Waals surface area contributed by atoms with Crippen molar-refractivity contribution in [2.24, 2.45) is 4.99 Å². The first kappa shape index (κ1) is 13.3. The van der Waals surface area contributed by atoms with E-state index in [9.17, 15) is 0 Å². The standard InChI is InChI=1S/C14H20N2O/c1-6-7-8-15-14-13(11(4)17-5)12(9-16-14)10(2)3/h7-9H,2,6H2,1,3-5H3,(H,15,16)/b8-7+,13-11+. The third-order valence-electron chi connectivity index (χ3n) is 2.52. The maximum Gasteiger partial charge on any atom is 0.141 e. The molecule has 0 aromatic rings. The normalized spacial score (nSPS) is 17.9. The number of ether oxygens (including phenoxy) is 1. The Morgan fingerprint density at radius 3 is 2.76 bits per heavy atom. The fourth-order valence-electron chi connectivity index (χ4n) is 1.53. The van der Waals surface area contributed by atoms with Gasteiger partial charge in [0.05, 0.1) is 12.7 Å². The molecule has 0 saturated heterocycles. The van der Waals surface area contributed by atoms with Gasteiger partial charge < -0.3 is 10.1 Å². The van der Waals surface area contributed by atoms with Crippen LogP contribution >= 0.6 is 0 Å².